The SMILES string of the molecule is CC(C)(C)OCC(NN)c1cccc(F)c1F. The van der Waals surface area contributed by atoms with Gasteiger partial charge in [0, 0.05) is 5.56 Å². The molecule has 0 saturated heterocycles. The zero-order valence-electron chi connectivity index (χ0n) is 10.3. The van der Waals surface area contributed by atoms with E-state index in [0.29, 0.717) is 0 Å². The standard InChI is InChI=1S/C12H18F2N2O/c1-12(2,3)17-7-10(16-15)8-5-4-6-9(13)11(8)14/h4-6,10,16H,7,15H2,1-3H3. The van der Waals surface area contributed by atoms with Crippen molar-refractivity contribution < 1.29 is 13.5 Å². The van der Waals surface area contributed by atoms with E-state index in [0.717, 1.165) is 6.07 Å². The third kappa shape index (κ3) is 4.03. The number of rotatable bonds is 4. The second kappa shape index (κ2) is 5.53. The highest BCUT2D eigenvalue weighted by atomic mass is 19.2. The molecule has 0 bridgehead atoms. The average Bonchev–Trinajstić information content (AvgIpc) is 2.23. The highest BCUT2D eigenvalue weighted by Gasteiger charge is 2.20. The number of halogens is 2. The molecule has 0 aliphatic carbocycles. The average molecular weight is 244 g/mol. The van der Waals surface area contributed by atoms with Crippen LogP contribution in [0, 0.1) is 11.6 Å². The smallest absolute Gasteiger partial charge is 0.163 e. The van der Waals surface area contributed by atoms with Gasteiger partial charge in [-0.3, -0.25) is 11.3 Å². The fraction of sp³-hybridized carbons (Fsp3) is 0.500. The number of hydrazine groups is 1. The van der Waals surface area contributed by atoms with Gasteiger partial charge in [0.1, 0.15) is 0 Å². The van der Waals surface area contributed by atoms with Gasteiger partial charge >= 0.3 is 0 Å². The maximum absolute atomic E-state index is 13.5. The van der Waals surface area contributed by atoms with Crippen molar-refractivity contribution in [1.82, 2.24) is 5.43 Å². The minimum absolute atomic E-state index is 0.164. The van der Waals surface area contributed by atoms with Crippen molar-refractivity contribution in [1.29, 1.82) is 0 Å². The minimum Gasteiger partial charge on any atom is -0.374 e. The van der Waals surface area contributed by atoms with E-state index in [2.05, 4.69) is 5.43 Å². The molecule has 0 saturated carbocycles. The summed E-state index contributed by atoms with van der Waals surface area (Å²) in [4.78, 5) is 0. The first-order valence-corrected chi connectivity index (χ1v) is 5.39. The van der Waals surface area contributed by atoms with Crippen LogP contribution in [0.25, 0.3) is 0 Å². The van der Waals surface area contributed by atoms with Crippen LogP contribution in [0.15, 0.2) is 18.2 Å². The number of benzene rings is 1. The van der Waals surface area contributed by atoms with Gasteiger partial charge in [0.2, 0.25) is 0 Å². The van der Waals surface area contributed by atoms with Gasteiger partial charge < -0.3 is 4.74 Å². The van der Waals surface area contributed by atoms with Crippen LogP contribution in [0.4, 0.5) is 8.78 Å². The van der Waals surface area contributed by atoms with Crippen LogP contribution in [0.3, 0.4) is 0 Å². The summed E-state index contributed by atoms with van der Waals surface area (Å²) < 4.78 is 32.1. The van der Waals surface area contributed by atoms with Crippen LogP contribution >= 0.6 is 0 Å². The Balaban J connectivity index is 2.83. The second-order valence-corrected chi connectivity index (χ2v) is 4.79. The lowest BCUT2D eigenvalue weighted by molar-refractivity contribution is -0.0152. The van der Waals surface area contributed by atoms with Crippen LogP contribution in [-0.4, -0.2) is 12.2 Å². The lowest BCUT2D eigenvalue weighted by Crippen LogP contribution is -2.35. The van der Waals surface area contributed by atoms with E-state index in [1.807, 2.05) is 20.8 Å². The zero-order valence-corrected chi connectivity index (χ0v) is 10.3. The predicted molar refractivity (Wildman–Crippen MR) is 62.1 cm³/mol. The van der Waals surface area contributed by atoms with Gasteiger partial charge in [0.15, 0.2) is 11.6 Å². The molecule has 1 unspecified atom stereocenters. The quantitative estimate of drug-likeness (QED) is 0.631. The summed E-state index contributed by atoms with van der Waals surface area (Å²) in [5.41, 5.74) is 2.23. The third-order valence-electron chi connectivity index (χ3n) is 2.24. The van der Waals surface area contributed by atoms with E-state index in [1.165, 1.54) is 12.1 Å². The summed E-state index contributed by atoms with van der Waals surface area (Å²) in [6.07, 6.45) is 0. The van der Waals surface area contributed by atoms with Crippen LogP contribution in [0.1, 0.15) is 32.4 Å². The van der Waals surface area contributed by atoms with Gasteiger partial charge in [0.25, 0.3) is 0 Å². The molecule has 96 valence electrons. The summed E-state index contributed by atoms with van der Waals surface area (Å²) in [5, 5.41) is 0. The number of nitrogens with two attached hydrogens (primary N) is 1. The molecule has 0 radical (unpaired) electrons. The number of hydrogen-bond acceptors (Lipinski definition) is 3. The highest BCUT2D eigenvalue weighted by molar-refractivity contribution is 5.22. The normalized spacial score (nSPS) is 13.8. The molecule has 3 N–H and O–H groups in total. The van der Waals surface area contributed by atoms with E-state index < -0.39 is 17.7 Å². The molecule has 1 aromatic carbocycles. The van der Waals surface area contributed by atoms with Crippen molar-refractivity contribution in [3.8, 4) is 0 Å². The van der Waals surface area contributed by atoms with Crippen LogP contribution in [0.5, 0.6) is 0 Å². The van der Waals surface area contributed by atoms with Gasteiger partial charge in [-0.25, -0.2) is 8.78 Å². The van der Waals surface area contributed by atoms with E-state index in [4.69, 9.17) is 10.6 Å². The Morgan fingerprint density at radius 2 is 2.00 bits per heavy atom. The summed E-state index contributed by atoms with van der Waals surface area (Å²) in [7, 11) is 0. The minimum atomic E-state index is -0.895. The van der Waals surface area contributed by atoms with Gasteiger partial charge in [-0.2, -0.15) is 0 Å². The lowest BCUT2D eigenvalue weighted by Gasteiger charge is -2.24. The Labute approximate surface area is 99.9 Å². The molecule has 0 spiro atoms. The van der Waals surface area contributed by atoms with E-state index >= 15 is 0 Å². The number of nitrogens with one attached hydrogen (secondary N) is 1. The molecule has 0 heterocycles. The number of hydrogen-bond donors (Lipinski definition) is 2. The van der Waals surface area contributed by atoms with E-state index in [1.54, 1.807) is 0 Å². The first-order valence-electron chi connectivity index (χ1n) is 5.39. The predicted octanol–water partition coefficient (Wildman–Crippen LogP) is 2.28. The summed E-state index contributed by atoms with van der Waals surface area (Å²) >= 11 is 0. The molecule has 1 atom stereocenters. The molecular formula is C12H18F2N2O. The van der Waals surface area contributed by atoms with Crippen molar-refractivity contribution >= 4 is 0 Å². The molecule has 0 amide bonds. The Morgan fingerprint density at radius 1 is 1.35 bits per heavy atom. The molecule has 1 aromatic rings. The molecular weight excluding hydrogens is 226 g/mol. The second-order valence-electron chi connectivity index (χ2n) is 4.79. The Morgan fingerprint density at radius 3 is 2.53 bits per heavy atom. The maximum Gasteiger partial charge on any atom is 0.163 e. The zero-order chi connectivity index (χ0) is 13.1. The van der Waals surface area contributed by atoms with Gasteiger partial charge in [0.05, 0.1) is 18.2 Å². The molecule has 0 aromatic heterocycles. The van der Waals surface area contributed by atoms with E-state index in [-0.39, 0.29) is 17.8 Å². The largest absolute Gasteiger partial charge is 0.374 e. The van der Waals surface area contributed by atoms with Crippen molar-refractivity contribution in [2.45, 2.75) is 32.4 Å². The van der Waals surface area contributed by atoms with Crippen molar-refractivity contribution in [2.75, 3.05) is 6.61 Å². The molecule has 0 fully saturated rings. The topological polar surface area (TPSA) is 47.3 Å². The van der Waals surface area contributed by atoms with Crippen LogP contribution < -0.4 is 11.3 Å². The molecule has 5 heteroatoms. The van der Waals surface area contributed by atoms with Gasteiger partial charge in [-0.1, -0.05) is 12.1 Å². The molecule has 1 rings (SSSR count). The molecule has 3 nitrogen and oxygen atoms in total. The Bertz CT molecular complexity index is 377. The fourth-order valence-electron chi connectivity index (χ4n) is 1.35. The fourth-order valence-corrected chi connectivity index (χ4v) is 1.35. The Kier molecular flexibility index (Phi) is 4.56. The first kappa shape index (κ1) is 14.0. The Hall–Kier alpha value is -1.04. The summed E-state index contributed by atoms with van der Waals surface area (Å²) in [6.45, 7) is 5.80. The first-order chi connectivity index (χ1) is 7.85. The highest BCUT2D eigenvalue weighted by Crippen LogP contribution is 2.20. The summed E-state index contributed by atoms with van der Waals surface area (Å²) in [5.74, 6) is 3.55. The van der Waals surface area contributed by atoms with Crippen LogP contribution in [-0.2, 0) is 4.74 Å². The van der Waals surface area contributed by atoms with Crippen molar-refractivity contribution in [3.63, 3.8) is 0 Å². The molecule has 17 heavy (non-hydrogen) atoms. The van der Waals surface area contributed by atoms with Gasteiger partial charge in [-0.05, 0) is 26.8 Å². The van der Waals surface area contributed by atoms with Gasteiger partial charge in [-0.15, -0.1) is 0 Å². The third-order valence-corrected chi connectivity index (χ3v) is 2.24. The lowest BCUT2D eigenvalue weighted by atomic mass is 10.1. The van der Waals surface area contributed by atoms with Crippen LogP contribution in [0.2, 0.25) is 0 Å². The van der Waals surface area contributed by atoms with E-state index in [9.17, 15) is 8.78 Å². The molecule has 0 aliphatic heterocycles. The summed E-state index contributed by atoms with van der Waals surface area (Å²) in [6, 6.07) is 3.41. The maximum atomic E-state index is 13.5. The van der Waals surface area contributed by atoms with Crippen molar-refractivity contribution in [2.24, 2.45) is 5.84 Å². The number of ether oxygens (including phenoxy) is 1. The molecule has 0 aliphatic rings. The monoisotopic (exact) mass is 244 g/mol. The van der Waals surface area contributed by atoms with Crippen molar-refractivity contribution in [3.05, 3.63) is 35.4 Å².